The Bertz CT molecular complexity index is 1570. The van der Waals surface area contributed by atoms with Crippen LogP contribution in [0.4, 0.5) is 0 Å². The predicted octanol–water partition coefficient (Wildman–Crippen LogP) is 7.08. The summed E-state index contributed by atoms with van der Waals surface area (Å²) in [6.45, 7) is 14.4. The highest BCUT2D eigenvalue weighted by molar-refractivity contribution is 14.1. The van der Waals surface area contributed by atoms with Gasteiger partial charge in [0.2, 0.25) is 0 Å². The Morgan fingerprint density at radius 1 is 0.725 bits per heavy atom. The molecule has 2 saturated heterocycles. The zero-order valence-electron chi connectivity index (χ0n) is 30.1. The number of esters is 2. The fraction of sp³-hybridized carbons (Fsp3) is 0.487. The molecule has 3 aromatic carbocycles. The quantitative estimate of drug-likeness (QED) is 0.0930. The van der Waals surface area contributed by atoms with Gasteiger partial charge in [-0.05, 0) is 61.8 Å². The molecule has 0 spiro atoms. The van der Waals surface area contributed by atoms with Crippen LogP contribution < -0.4 is 0 Å². The van der Waals surface area contributed by atoms with Gasteiger partial charge >= 0.3 is 11.9 Å². The van der Waals surface area contributed by atoms with E-state index in [9.17, 15) is 14.7 Å². The van der Waals surface area contributed by atoms with Gasteiger partial charge in [-0.25, -0.2) is 9.59 Å². The number of hydrogen-bond acceptors (Lipinski definition) is 10. The normalized spacial score (nSPS) is 30.0. The van der Waals surface area contributed by atoms with Crippen molar-refractivity contribution < 1.29 is 47.5 Å². The summed E-state index contributed by atoms with van der Waals surface area (Å²) in [6.07, 6.45) is -8.33. The predicted molar refractivity (Wildman–Crippen MR) is 202 cm³/mol. The molecule has 2 fully saturated rings. The lowest BCUT2D eigenvalue weighted by Gasteiger charge is -2.50. The molecule has 2 aliphatic rings. The number of hydrogen-bond donors (Lipinski definition) is 1. The molecule has 5 rings (SSSR count). The molecule has 2 heterocycles. The Balaban J connectivity index is 1.43. The largest absolute Gasteiger partial charge is 0.453 e. The molecule has 0 aliphatic carbocycles. The molecule has 2 aliphatic heterocycles. The molecule has 12 heteroatoms. The maximum atomic E-state index is 13.3. The average Bonchev–Trinajstić information content (AvgIpc) is 3.11. The maximum Gasteiger partial charge on any atom is 0.338 e. The zero-order valence-corrected chi connectivity index (χ0v) is 33.3. The minimum atomic E-state index is -2.43. The second-order valence-corrected chi connectivity index (χ2v) is 20.8. The van der Waals surface area contributed by atoms with Crippen molar-refractivity contribution in [1.29, 1.82) is 0 Å². The van der Waals surface area contributed by atoms with E-state index in [1.54, 1.807) is 55.5 Å². The van der Waals surface area contributed by atoms with Crippen LogP contribution in [0.15, 0.2) is 91.0 Å². The van der Waals surface area contributed by atoms with Crippen LogP contribution in [0.5, 0.6) is 0 Å². The van der Waals surface area contributed by atoms with Crippen LogP contribution in [-0.2, 0) is 39.5 Å². The second-order valence-electron chi connectivity index (χ2n) is 14.6. The number of alkyl halides is 1. The third-order valence-electron chi connectivity index (χ3n) is 9.75. The SMILES string of the molecule is C[C@H]1O[C@H](OCc2ccccc2)[C@H](O)[C@@H](O[C@H]2O[C@H](C)[C@@H](OC(=O)c3ccccc3)[C@H](O[Si](C)(C)C(C)(C)C)[C@@H]2I)[C@@H]1OC(=O)c1ccccc1. The summed E-state index contributed by atoms with van der Waals surface area (Å²) < 4.78 is 44.0. The van der Waals surface area contributed by atoms with Crippen molar-refractivity contribution in [2.24, 2.45) is 0 Å². The van der Waals surface area contributed by atoms with Crippen molar-refractivity contribution in [2.45, 2.75) is 119 Å². The molecule has 0 amide bonds. The lowest BCUT2D eigenvalue weighted by atomic mass is 9.98. The van der Waals surface area contributed by atoms with Gasteiger partial charge in [-0.2, -0.15) is 0 Å². The molecule has 0 saturated carbocycles. The molecular formula is C39H49IO10Si. The van der Waals surface area contributed by atoms with Crippen LogP contribution in [0.3, 0.4) is 0 Å². The van der Waals surface area contributed by atoms with E-state index in [-0.39, 0.29) is 11.6 Å². The number of carbonyl (C=O) groups excluding carboxylic acids is 2. The van der Waals surface area contributed by atoms with Crippen molar-refractivity contribution >= 4 is 42.8 Å². The van der Waals surface area contributed by atoms with Crippen molar-refractivity contribution in [3.63, 3.8) is 0 Å². The molecule has 0 radical (unpaired) electrons. The summed E-state index contributed by atoms with van der Waals surface area (Å²) >= 11 is 2.22. The molecule has 10 atom stereocenters. The Labute approximate surface area is 315 Å². The van der Waals surface area contributed by atoms with Crippen molar-refractivity contribution in [3.8, 4) is 0 Å². The van der Waals surface area contributed by atoms with Crippen LogP contribution in [0.2, 0.25) is 18.1 Å². The minimum Gasteiger partial charge on any atom is -0.453 e. The van der Waals surface area contributed by atoms with Crippen LogP contribution >= 0.6 is 22.6 Å². The fourth-order valence-corrected chi connectivity index (χ4v) is 8.26. The van der Waals surface area contributed by atoms with Gasteiger partial charge in [0.15, 0.2) is 33.1 Å². The van der Waals surface area contributed by atoms with Gasteiger partial charge in [0.05, 0.1) is 33.9 Å². The Morgan fingerprint density at radius 2 is 1.18 bits per heavy atom. The maximum absolute atomic E-state index is 13.3. The van der Waals surface area contributed by atoms with Gasteiger partial charge in [0, 0.05) is 0 Å². The molecule has 0 bridgehead atoms. The first kappa shape index (κ1) is 39.5. The van der Waals surface area contributed by atoms with E-state index in [0.717, 1.165) is 5.56 Å². The average molecular weight is 833 g/mol. The fourth-order valence-electron chi connectivity index (χ4n) is 5.77. The molecule has 276 valence electrons. The highest BCUT2D eigenvalue weighted by atomic mass is 127. The van der Waals surface area contributed by atoms with Crippen LogP contribution in [-0.4, -0.2) is 84.6 Å². The van der Waals surface area contributed by atoms with Gasteiger partial charge in [0.25, 0.3) is 0 Å². The van der Waals surface area contributed by atoms with E-state index >= 15 is 0 Å². The standard InChI is InChI=1S/C39H49IO10Si/c1-24-31(47-35(42)27-19-13-9-14-20-27)33(50-51(6,7)39(3,4)5)29(40)37(45-24)49-34-30(41)38(44-23-26-17-11-8-12-18-26)46-25(2)32(34)48-36(43)28-21-15-10-16-22-28/h8-22,24-25,29-34,37-38,41H,23H2,1-7H3/t24-,25-,29+,30-,31-,32-,33-,34-,37-,38+/m1/s1. The molecule has 1 N–H and O–H groups in total. The summed E-state index contributed by atoms with van der Waals surface area (Å²) in [5.41, 5.74) is 1.67. The second kappa shape index (κ2) is 17.0. The van der Waals surface area contributed by atoms with Gasteiger partial charge < -0.3 is 38.0 Å². The number of halogens is 1. The summed E-state index contributed by atoms with van der Waals surface area (Å²) in [5, 5.41) is 11.6. The van der Waals surface area contributed by atoms with E-state index in [2.05, 4.69) is 56.5 Å². The van der Waals surface area contributed by atoms with E-state index in [4.69, 9.17) is 32.8 Å². The van der Waals surface area contributed by atoms with Crippen LogP contribution in [0.25, 0.3) is 0 Å². The minimum absolute atomic E-state index is 0.151. The Hall–Kier alpha value is -2.69. The van der Waals surface area contributed by atoms with Gasteiger partial charge in [-0.15, -0.1) is 0 Å². The van der Waals surface area contributed by atoms with Crippen molar-refractivity contribution in [3.05, 3.63) is 108 Å². The first-order valence-electron chi connectivity index (χ1n) is 17.3. The zero-order chi connectivity index (χ0) is 36.9. The third kappa shape index (κ3) is 9.65. The number of aliphatic hydroxyl groups excluding tert-OH is 1. The molecular weight excluding hydrogens is 783 g/mol. The van der Waals surface area contributed by atoms with Crippen molar-refractivity contribution in [1.82, 2.24) is 0 Å². The summed E-state index contributed by atoms with van der Waals surface area (Å²) in [4.78, 5) is 26.7. The molecule has 0 aromatic heterocycles. The lowest BCUT2D eigenvalue weighted by Crippen LogP contribution is -2.65. The molecule has 0 unspecified atom stereocenters. The third-order valence-corrected chi connectivity index (χ3v) is 15.5. The summed E-state index contributed by atoms with van der Waals surface area (Å²) in [7, 11) is -2.43. The first-order chi connectivity index (χ1) is 24.2. The number of benzene rings is 3. The monoisotopic (exact) mass is 832 g/mol. The molecule has 3 aromatic rings. The van der Waals surface area contributed by atoms with E-state index < -0.39 is 79.5 Å². The van der Waals surface area contributed by atoms with Crippen molar-refractivity contribution in [2.75, 3.05) is 0 Å². The number of aliphatic hydroxyl groups is 1. The first-order valence-corrected chi connectivity index (χ1v) is 21.5. The van der Waals surface area contributed by atoms with E-state index in [0.29, 0.717) is 11.1 Å². The van der Waals surface area contributed by atoms with Gasteiger partial charge in [-0.3, -0.25) is 0 Å². The summed E-state index contributed by atoms with van der Waals surface area (Å²) in [6, 6.07) is 27.0. The van der Waals surface area contributed by atoms with E-state index in [1.807, 2.05) is 49.4 Å². The Morgan fingerprint density at radius 3 is 1.67 bits per heavy atom. The molecule has 10 nitrogen and oxygen atoms in total. The Kier molecular flexibility index (Phi) is 13.2. The number of ether oxygens (including phenoxy) is 6. The highest BCUT2D eigenvalue weighted by Crippen LogP contribution is 2.42. The topological polar surface area (TPSA) is 119 Å². The smallest absolute Gasteiger partial charge is 0.338 e. The number of rotatable bonds is 11. The lowest BCUT2D eigenvalue weighted by molar-refractivity contribution is -0.334. The van der Waals surface area contributed by atoms with Crippen LogP contribution in [0, 0.1) is 0 Å². The van der Waals surface area contributed by atoms with E-state index in [1.165, 1.54) is 0 Å². The van der Waals surface area contributed by atoms with Gasteiger partial charge in [0.1, 0.15) is 18.3 Å². The van der Waals surface area contributed by atoms with Crippen LogP contribution in [0.1, 0.15) is 60.9 Å². The highest BCUT2D eigenvalue weighted by Gasteiger charge is 2.54. The number of carbonyl (C=O) groups is 2. The molecule has 51 heavy (non-hydrogen) atoms. The van der Waals surface area contributed by atoms with Gasteiger partial charge in [-0.1, -0.05) is 110 Å². The summed E-state index contributed by atoms with van der Waals surface area (Å²) in [5.74, 6) is -1.07.